The van der Waals surface area contributed by atoms with Gasteiger partial charge in [0.1, 0.15) is 5.75 Å². The summed E-state index contributed by atoms with van der Waals surface area (Å²) in [6.07, 6.45) is 5.17. The van der Waals surface area contributed by atoms with Crippen LogP contribution in [-0.2, 0) is 0 Å². The van der Waals surface area contributed by atoms with Gasteiger partial charge in [0.15, 0.2) is 0 Å². The van der Waals surface area contributed by atoms with Gasteiger partial charge in [-0.15, -0.1) is 0 Å². The summed E-state index contributed by atoms with van der Waals surface area (Å²) in [7, 11) is 1.66. The van der Waals surface area contributed by atoms with Crippen LogP contribution < -0.4 is 9.64 Å². The molecule has 0 saturated carbocycles. The van der Waals surface area contributed by atoms with Gasteiger partial charge < -0.3 is 14.5 Å². The van der Waals surface area contributed by atoms with Crippen molar-refractivity contribution in [3.05, 3.63) is 77.7 Å². The van der Waals surface area contributed by atoms with Crippen LogP contribution in [0.1, 0.15) is 10.4 Å². The molecule has 0 aliphatic carbocycles. The molecule has 0 bridgehead atoms. The second-order valence-electron chi connectivity index (χ2n) is 7.60. The summed E-state index contributed by atoms with van der Waals surface area (Å²) in [6, 6.07) is 15.3. The van der Waals surface area contributed by atoms with Crippen molar-refractivity contribution in [3.63, 3.8) is 0 Å². The van der Waals surface area contributed by atoms with Crippen molar-refractivity contribution in [2.75, 3.05) is 38.2 Å². The highest BCUT2D eigenvalue weighted by Crippen LogP contribution is 2.28. The zero-order valence-corrected chi connectivity index (χ0v) is 18.4. The van der Waals surface area contributed by atoms with Crippen LogP contribution in [0.2, 0.25) is 5.02 Å². The zero-order chi connectivity index (χ0) is 22.1. The monoisotopic (exact) mass is 447 g/mol. The first-order chi connectivity index (χ1) is 15.6. The van der Waals surface area contributed by atoms with E-state index in [0.717, 1.165) is 35.4 Å². The number of carbonyl (C=O) groups is 1. The number of hydrogen-bond acceptors (Lipinski definition) is 5. The van der Waals surface area contributed by atoms with E-state index in [1.807, 2.05) is 52.1 Å². The lowest BCUT2D eigenvalue weighted by Crippen LogP contribution is -2.48. The minimum absolute atomic E-state index is 0.00128. The number of methoxy groups -OCH3 is 1. The Labute approximate surface area is 190 Å². The van der Waals surface area contributed by atoms with Crippen molar-refractivity contribution in [1.82, 2.24) is 19.4 Å². The Bertz CT molecular complexity index is 1250. The number of benzene rings is 2. The predicted molar refractivity (Wildman–Crippen MR) is 125 cm³/mol. The number of amides is 1. The number of nitrogens with zero attached hydrogens (tertiary/aromatic N) is 5. The SMILES string of the molecule is COc1ccc(N2CCN(C(=O)c3cn(-c4ncccn4)c4cc(Cl)ccc34)CC2)cc1. The van der Waals surface area contributed by atoms with Crippen molar-refractivity contribution in [1.29, 1.82) is 0 Å². The molecule has 0 spiro atoms. The Hall–Kier alpha value is -3.58. The zero-order valence-electron chi connectivity index (χ0n) is 17.6. The predicted octanol–water partition coefficient (Wildman–Crippen LogP) is 4.04. The maximum atomic E-state index is 13.5. The highest BCUT2D eigenvalue weighted by molar-refractivity contribution is 6.31. The molecule has 4 aromatic rings. The van der Waals surface area contributed by atoms with Gasteiger partial charge in [-0.05, 0) is 42.5 Å². The van der Waals surface area contributed by atoms with Crippen LogP contribution in [0.3, 0.4) is 0 Å². The fraction of sp³-hybridized carbons (Fsp3) is 0.208. The molecule has 1 saturated heterocycles. The number of aromatic nitrogens is 3. The molecule has 3 heterocycles. The Kier molecular flexibility index (Phi) is 5.41. The van der Waals surface area contributed by atoms with Gasteiger partial charge in [0.2, 0.25) is 5.95 Å². The van der Waals surface area contributed by atoms with Gasteiger partial charge in [-0.1, -0.05) is 17.7 Å². The van der Waals surface area contributed by atoms with Gasteiger partial charge in [-0.2, -0.15) is 0 Å². The van der Waals surface area contributed by atoms with E-state index in [-0.39, 0.29) is 5.91 Å². The van der Waals surface area contributed by atoms with E-state index in [9.17, 15) is 4.79 Å². The summed E-state index contributed by atoms with van der Waals surface area (Å²) >= 11 is 6.25. The molecular weight excluding hydrogens is 426 g/mol. The number of ether oxygens (including phenoxy) is 1. The largest absolute Gasteiger partial charge is 0.497 e. The van der Waals surface area contributed by atoms with Crippen molar-refractivity contribution < 1.29 is 9.53 Å². The molecule has 5 rings (SSSR count). The summed E-state index contributed by atoms with van der Waals surface area (Å²) in [4.78, 5) is 26.3. The van der Waals surface area contributed by atoms with Crippen LogP contribution in [0.5, 0.6) is 5.75 Å². The fourth-order valence-electron chi connectivity index (χ4n) is 4.08. The average Bonchev–Trinajstić information content (AvgIpc) is 3.23. The molecule has 0 radical (unpaired) electrons. The third-order valence-electron chi connectivity index (χ3n) is 5.77. The Morgan fingerprint density at radius 3 is 2.41 bits per heavy atom. The quantitative estimate of drug-likeness (QED) is 0.472. The van der Waals surface area contributed by atoms with Crippen molar-refractivity contribution in [2.24, 2.45) is 0 Å². The van der Waals surface area contributed by atoms with Gasteiger partial charge >= 0.3 is 0 Å². The molecule has 32 heavy (non-hydrogen) atoms. The van der Waals surface area contributed by atoms with Gasteiger partial charge in [0, 0.05) is 60.9 Å². The molecule has 1 aliphatic rings. The highest BCUT2D eigenvalue weighted by Gasteiger charge is 2.26. The van der Waals surface area contributed by atoms with E-state index in [4.69, 9.17) is 16.3 Å². The lowest BCUT2D eigenvalue weighted by Gasteiger charge is -2.36. The van der Waals surface area contributed by atoms with Gasteiger partial charge in [-0.3, -0.25) is 9.36 Å². The number of hydrogen-bond donors (Lipinski definition) is 0. The van der Waals surface area contributed by atoms with E-state index >= 15 is 0 Å². The van der Waals surface area contributed by atoms with Crippen molar-refractivity contribution in [2.45, 2.75) is 0 Å². The summed E-state index contributed by atoms with van der Waals surface area (Å²) in [5.41, 5.74) is 2.57. The first kappa shape index (κ1) is 20.3. The van der Waals surface area contributed by atoms with E-state index in [1.165, 1.54) is 0 Å². The molecule has 2 aromatic heterocycles. The summed E-state index contributed by atoms with van der Waals surface area (Å²) in [6.45, 7) is 2.83. The van der Waals surface area contributed by atoms with Crippen LogP contribution in [-0.4, -0.2) is 58.6 Å². The maximum absolute atomic E-state index is 13.5. The minimum atomic E-state index is 0.00128. The first-order valence-corrected chi connectivity index (χ1v) is 10.8. The van der Waals surface area contributed by atoms with Crippen LogP contribution >= 0.6 is 11.6 Å². The lowest BCUT2D eigenvalue weighted by atomic mass is 10.1. The molecule has 1 aliphatic heterocycles. The Morgan fingerprint density at radius 2 is 1.72 bits per heavy atom. The van der Waals surface area contributed by atoms with E-state index in [0.29, 0.717) is 29.6 Å². The molecule has 2 aromatic carbocycles. The standard InChI is InChI=1S/C24H22ClN5O2/c1-32-19-6-4-18(5-7-19)28-11-13-29(14-12-28)23(31)21-16-30(24-26-9-2-10-27-24)22-15-17(25)3-8-20(21)22/h2-10,15-16H,11-14H2,1H3. The van der Waals surface area contributed by atoms with E-state index < -0.39 is 0 Å². The molecule has 0 unspecified atom stereocenters. The molecule has 7 nitrogen and oxygen atoms in total. The first-order valence-electron chi connectivity index (χ1n) is 10.4. The number of piperazine rings is 1. The number of rotatable bonds is 4. The third kappa shape index (κ3) is 3.76. The normalized spacial score (nSPS) is 14.1. The van der Waals surface area contributed by atoms with Gasteiger partial charge in [-0.25, -0.2) is 9.97 Å². The number of fused-ring (bicyclic) bond motifs is 1. The molecule has 1 amide bonds. The van der Waals surface area contributed by atoms with E-state index in [2.05, 4.69) is 14.9 Å². The second kappa shape index (κ2) is 8.51. The van der Waals surface area contributed by atoms with Crippen LogP contribution in [0.25, 0.3) is 16.9 Å². The topological polar surface area (TPSA) is 63.5 Å². The summed E-state index contributed by atoms with van der Waals surface area (Å²) in [5.74, 6) is 1.34. The summed E-state index contributed by atoms with van der Waals surface area (Å²) < 4.78 is 7.06. The van der Waals surface area contributed by atoms with Crippen LogP contribution in [0, 0.1) is 0 Å². The van der Waals surface area contributed by atoms with Crippen LogP contribution in [0.15, 0.2) is 67.1 Å². The highest BCUT2D eigenvalue weighted by atomic mass is 35.5. The lowest BCUT2D eigenvalue weighted by molar-refractivity contribution is 0.0748. The molecule has 0 atom stereocenters. The third-order valence-corrected chi connectivity index (χ3v) is 6.01. The fourth-order valence-corrected chi connectivity index (χ4v) is 4.25. The number of halogens is 1. The average molecular weight is 448 g/mol. The van der Waals surface area contributed by atoms with Crippen molar-refractivity contribution >= 4 is 34.1 Å². The Balaban J connectivity index is 1.39. The molecule has 1 fully saturated rings. The van der Waals surface area contributed by atoms with Crippen molar-refractivity contribution in [3.8, 4) is 11.7 Å². The summed E-state index contributed by atoms with van der Waals surface area (Å²) in [5, 5.41) is 1.43. The van der Waals surface area contributed by atoms with Gasteiger partial charge in [0.25, 0.3) is 5.91 Å². The van der Waals surface area contributed by atoms with Gasteiger partial charge in [0.05, 0.1) is 18.2 Å². The second-order valence-corrected chi connectivity index (χ2v) is 8.04. The maximum Gasteiger partial charge on any atom is 0.256 e. The van der Waals surface area contributed by atoms with E-state index in [1.54, 1.807) is 31.6 Å². The molecular formula is C24H22ClN5O2. The Morgan fingerprint density at radius 1 is 1.00 bits per heavy atom. The minimum Gasteiger partial charge on any atom is -0.497 e. The molecule has 162 valence electrons. The molecule has 8 heteroatoms. The number of anilines is 1. The number of carbonyl (C=O) groups excluding carboxylic acids is 1. The smallest absolute Gasteiger partial charge is 0.256 e. The van der Waals surface area contributed by atoms with Crippen LogP contribution in [0.4, 0.5) is 5.69 Å². The molecule has 0 N–H and O–H groups in total.